The number of aliphatic hydroxyl groups excluding tert-OH is 1. The molecule has 1 aliphatic heterocycles. The number of rotatable bonds is 8. The van der Waals surface area contributed by atoms with Gasteiger partial charge in [-0.1, -0.05) is 32.8 Å². The summed E-state index contributed by atoms with van der Waals surface area (Å²) in [7, 11) is 0. The first-order valence-electron chi connectivity index (χ1n) is 15.3. The molecule has 2 N–H and O–H groups in total. The van der Waals surface area contributed by atoms with Gasteiger partial charge in [0.15, 0.2) is 12.4 Å². The van der Waals surface area contributed by atoms with Gasteiger partial charge in [-0.25, -0.2) is 0 Å². The maximum atomic E-state index is 13.5. The Bertz CT molecular complexity index is 1010. The number of nitrogens with zero attached hydrogens (tertiary/aromatic N) is 2. The van der Waals surface area contributed by atoms with Crippen molar-refractivity contribution in [2.45, 2.75) is 90.3 Å². The molecule has 5 aliphatic rings. The van der Waals surface area contributed by atoms with E-state index >= 15 is 0 Å². The van der Waals surface area contributed by atoms with Crippen LogP contribution in [0.1, 0.15) is 78.6 Å². The summed E-state index contributed by atoms with van der Waals surface area (Å²) < 4.78 is 5.43. The Morgan fingerprint density at radius 1 is 1.08 bits per heavy atom. The fraction of sp³-hybridized carbons (Fsp3) is 0.839. The second-order valence-corrected chi connectivity index (χ2v) is 13.5. The summed E-state index contributed by atoms with van der Waals surface area (Å²) in [5.74, 6) is -0.363. The Balaban J connectivity index is 1.20. The first-order valence-corrected chi connectivity index (χ1v) is 15.3. The van der Waals surface area contributed by atoms with Gasteiger partial charge >= 0.3 is 5.97 Å². The topological polar surface area (TPSA) is 107 Å². The van der Waals surface area contributed by atoms with Crippen molar-refractivity contribution in [3.05, 3.63) is 11.6 Å². The maximum Gasteiger partial charge on any atom is 0.320 e. The molecule has 1 saturated heterocycles. The molecule has 0 spiro atoms. The van der Waals surface area contributed by atoms with Gasteiger partial charge in [0.25, 0.3) is 0 Å². The maximum absolute atomic E-state index is 13.5. The van der Waals surface area contributed by atoms with Crippen molar-refractivity contribution in [1.82, 2.24) is 9.80 Å². The van der Waals surface area contributed by atoms with Gasteiger partial charge in [0.1, 0.15) is 5.60 Å². The second kappa shape index (κ2) is 11.0. The number of carbonyl (C=O) groups excluding carboxylic acids is 3. The van der Waals surface area contributed by atoms with E-state index < -0.39 is 35.5 Å². The normalized spacial score (nSPS) is 40.8. The van der Waals surface area contributed by atoms with Gasteiger partial charge in [0.05, 0.1) is 12.6 Å². The van der Waals surface area contributed by atoms with Gasteiger partial charge in [0.2, 0.25) is 5.78 Å². The van der Waals surface area contributed by atoms with E-state index in [1.54, 1.807) is 0 Å². The first kappa shape index (κ1) is 28.9. The molecule has 8 nitrogen and oxygen atoms in total. The average Bonchev–Trinajstić information content (AvgIpc) is 3.18. The molecule has 39 heavy (non-hydrogen) atoms. The van der Waals surface area contributed by atoms with Gasteiger partial charge in [0, 0.05) is 38.0 Å². The smallest absolute Gasteiger partial charge is 0.320 e. The number of fused-ring (bicyclic) bond motifs is 5. The van der Waals surface area contributed by atoms with E-state index in [-0.39, 0.29) is 35.5 Å². The number of esters is 1. The molecular weight excluding hydrogens is 496 g/mol. The molecule has 0 amide bonds. The standard InChI is InChI=1S/C31H48N2O6/c1-4-5-12-32-13-15-33(16-14-32)19-27(37)39-20-26(36)31(38)11-9-24-23-7-6-21-17-22(34)8-10-29(21,2)28(23)25(35)18-30(24,31)3/h17,23-25,28,35,38H,4-16,18-20H2,1-3H3/t23?,24?,25-,28?,29-,30-,31-/m0/s1. The Labute approximate surface area is 233 Å². The number of carbonyl (C=O) groups is 3. The van der Waals surface area contributed by atoms with Crippen LogP contribution in [0.5, 0.6) is 0 Å². The number of allylic oxidation sites excluding steroid dienone is 1. The molecule has 3 unspecified atom stereocenters. The van der Waals surface area contributed by atoms with Gasteiger partial charge in [-0.2, -0.15) is 0 Å². The highest BCUT2D eigenvalue weighted by atomic mass is 16.5. The molecule has 218 valence electrons. The summed E-state index contributed by atoms with van der Waals surface area (Å²) in [5.41, 5.74) is -1.43. The molecule has 0 aromatic carbocycles. The summed E-state index contributed by atoms with van der Waals surface area (Å²) >= 11 is 0. The summed E-state index contributed by atoms with van der Waals surface area (Å²) in [6, 6.07) is 0. The summed E-state index contributed by atoms with van der Waals surface area (Å²) in [6.07, 6.45) is 7.87. The third-order valence-electron chi connectivity index (χ3n) is 11.5. The third kappa shape index (κ3) is 5.04. The minimum absolute atomic E-state index is 0.0291. The van der Waals surface area contributed by atoms with Crippen LogP contribution in [0.3, 0.4) is 0 Å². The van der Waals surface area contributed by atoms with Crippen LogP contribution in [0.2, 0.25) is 0 Å². The van der Waals surface area contributed by atoms with Crippen molar-refractivity contribution in [3.8, 4) is 0 Å². The van der Waals surface area contributed by atoms with Crippen molar-refractivity contribution in [2.24, 2.45) is 28.6 Å². The minimum atomic E-state index is -1.62. The van der Waals surface area contributed by atoms with E-state index in [4.69, 9.17) is 4.74 Å². The highest BCUT2D eigenvalue weighted by Crippen LogP contribution is 2.67. The van der Waals surface area contributed by atoms with Crippen LogP contribution in [0.15, 0.2) is 11.6 Å². The fourth-order valence-electron chi connectivity index (χ4n) is 9.20. The van der Waals surface area contributed by atoms with Crippen LogP contribution in [-0.4, -0.2) is 95.1 Å². The number of unbranched alkanes of at least 4 members (excludes halogenated alkanes) is 1. The number of ether oxygens (including phenoxy) is 1. The molecule has 1 heterocycles. The number of hydrogen-bond acceptors (Lipinski definition) is 8. The Morgan fingerprint density at radius 2 is 1.79 bits per heavy atom. The fourth-order valence-corrected chi connectivity index (χ4v) is 9.20. The van der Waals surface area contributed by atoms with Crippen molar-refractivity contribution in [1.29, 1.82) is 0 Å². The van der Waals surface area contributed by atoms with E-state index in [0.29, 0.717) is 19.3 Å². The number of Topliss-reactive ketones (excluding diaryl/α,β-unsaturated/α-hetero) is 1. The molecule has 4 aliphatic carbocycles. The Kier molecular flexibility index (Phi) is 8.15. The lowest BCUT2D eigenvalue weighted by atomic mass is 9.45. The zero-order valence-corrected chi connectivity index (χ0v) is 24.1. The SMILES string of the molecule is CCCCN1CCN(CC(=O)OCC(=O)[C@@]2(O)CCC3C4CCC5=CC(=O)CC[C@]5(C)C4[C@@H](O)C[C@@]32C)CC1. The zero-order chi connectivity index (χ0) is 28.0. The van der Waals surface area contributed by atoms with Crippen LogP contribution >= 0.6 is 0 Å². The van der Waals surface area contributed by atoms with Crippen molar-refractivity contribution >= 4 is 17.5 Å². The molecule has 3 saturated carbocycles. The number of piperazine rings is 1. The molecule has 5 rings (SSSR count). The summed E-state index contributed by atoms with van der Waals surface area (Å²) in [5, 5.41) is 23.4. The minimum Gasteiger partial charge on any atom is -0.457 e. The van der Waals surface area contributed by atoms with Crippen LogP contribution in [0.25, 0.3) is 0 Å². The van der Waals surface area contributed by atoms with Gasteiger partial charge in [-0.3, -0.25) is 19.3 Å². The zero-order valence-electron chi connectivity index (χ0n) is 24.1. The lowest BCUT2D eigenvalue weighted by Gasteiger charge is -2.60. The highest BCUT2D eigenvalue weighted by molar-refractivity contribution is 5.92. The Hall–Kier alpha value is -1.61. The average molecular weight is 545 g/mol. The van der Waals surface area contributed by atoms with Gasteiger partial charge in [-0.05, 0) is 80.7 Å². The largest absolute Gasteiger partial charge is 0.457 e. The molecule has 0 aromatic rings. The molecule has 8 heteroatoms. The van der Waals surface area contributed by atoms with Crippen molar-refractivity contribution in [3.63, 3.8) is 0 Å². The molecule has 4 fully saturated rings. The van der Waals surface area contributed by atoms with E-state index in [1.807, 2.05) is 13.0 Å². The highest BCUT2D eigenvalue weighted by Gasteiger charge is 2.68. The van der Waals surface area contributed by atoms with Crippen LogP contribution in [0.4, 0.5) is 0 Å². The van der Waals surface area contributed by atoms with E-state index in [1.165, 1.54) is 18.4 Å². The lowest BCUT2D eigenvalue weighted by molar-refractivity contribution is -0.184. The molecule has 7 atom stereocenters. The van der Waals surface area contributed by atoms with Crippen molar-refractivity contribution in [2.75, 3.05) is 45.9 Å². The van der Waals surface area contributed by atoms with Crippen LogP contribution < -0.4 is 0 Å². The second-order valence-electron chi connectivity index (χ2n) is 13.5. The van der Waals surface area contributed by atoms with E-state index in [9.17, 15) is 24.6 Å². The van der Waals surface area contributed by atoms with Crippen LogP contribution in [-0.2, 0) is 19.1 Å². The van der Waals surface area contributed by atoms with Crippen molar-refractivity contribution < 1.29 is 29.3 Å². The molecule has 0 bridgehead atoms. The van der Waals surface area contributed by atoms with Gasteiger partial charge in [-0.15, -0.1) is 0 Å². The number of aliphatic hydroxyl groups is 2. The predicted octanol–water partition coefficient (Wildman–Crippen LogP) is 2.75. The third-order valence-corrected chi connectivity index (χ3v) is 11.5. The summed E-state index contributed by atoms with van der Waals surface area (Å²) in [6.45, 7) is 10.7. The molecule has 0 aromatic heterocycles. The van der Waals surface area contributed by atoms with E-state index in [0.717, 1.165) is 58.4 Å². The van der Waals surface area contributed by atoms with Crippen LogP contribution in [0, 0.1) is 28.6 Å². The quantitative estimate of drug-likeness (QED) is 0.449. The number of hydrogen-bond donors (Lipinski definition) is 2. The monoisotopic (exact) mass is 544 g/mol. The summed E-state index contributed by atoms with van der Waals surface area (Å²) in [4.78, 5) is 42.7. The molecular formula is C31H48N2O6. The first-order chi connectivity index (χ1) is 18.5. The van der Waals surface area contributed by atoms with E-state index in [2.05, 4.69) is 23.6 Å². The van der Waals surface area contributed by atoms with Gasteiger partial charge < -0.3 is 19.8 Å². The number of ketones is 2. The molecule has 0 radical (unpaired) electrons. The Morgan fingerprint density at radius 3 is 2.51 bits per heavy atom. The predicted molar refractivity (Wildman–Crippen MR) is 147 cm³/mol. The lowest BCUT2D eigenvalue weighted by Crippen LogP contribution is -2.62.